The summed E-state index contributed by atoms with van der Waals surface area (Å²) in [5, 5.41) is 11.7. The first kappa shape index (κ1) is 17.8. The largest absolute Gasteiger partial charge is 0.484 e. The van der Waals surface area contributed by atoms with Crippen molar-refractivity contribution < 1.29 is 27.8 Å². The van der Waals surface area contributed by atoms with Crippen LogP contribution in [0.1, 0.15) is 16.7 Å². The van der Waals surface area contributed by atoms with Gasteiger partial charge in [0, 0.05) is 5.69 Å². The van der Waals surface area contributed by atoms with E-state index in [1.165, 1.54) is 12.1 Å². The fourth-order valence-corrected chi connectivity index (χ4v) is 2.00. The fourth-order valence-electron chi connectivity index (χ4n) is 2.00. The molecule has 128 valence electrons. The molecule has 0 saturated carbocycles. The molecule has 2 aromatic rings. The van der Waals surface area contributed by atoms with Crippen molar-refractivity contribution in [2.45, 2.75) is 19.7 Å². The lowest BCUT2D eigenvalue weighted by Gasteiger charge is -2.12. The van der Waals surface area contributed by atoms with Crippen molar-refractivity contribution in [1.82, 2.24) is 0 Å². The molecule has 0 radical (unpaired) electrons. The maximum Gasteiger partial charge on any atom is 0.416 e. The monoisotopic (exact) mass is 339 g/mol. The summed E-state index contributed by atoms with van der Waals surface area (Å²) in [5.74, 6) is -0.550. The Balaban J connectivity index is 1.99. The Morgan fingerprint density at radius 2 is 1.96 bits per heavy atom. The normalized spacial score (nSPS) is 11.2. The minimum absolute atomic E-state index is 0.0409. The van der Waals surface area contributed by atoms with Crippen LogP contribution in [0.25, 0.3) is 0 Å². The number of hydrogen-bond donors (Lipinski definition) is 2. The lowest BCUT2D eigenvalue weighted by Crippen LogP contribution is -2.21. The number of nitrogens with one attached hydrogen (secondary N) is 1. The van der Waals surface area contributed by atoms with E-state index in [-0.39, 0.29) is 12.4 Å². The molecule has 0 aromatic heterocycles. The fraction of sp³-hybridized carbons (Fsp3) is 0.235. The average molecular weight is 339 g/mol. The molecule has 0 spiro atoms. The van der Waals surface area contributed by atoms with Crippen LogP contribution in [0.4, 0.5) is 18.9 Å². The van der Waals surface area contributed by atoms with E-state index in [0.717, 1.165) is 17.7 Å². The first-order chi connectivity index (χ1) is 11.3. The van der Waals surface area contributed by atoms with Crippen molar-refractivity contribution in [2.75, 3.05) is 11.9 Å². The van der Waals surface area contributed by atoms with Crippen molar-refractivity contribution in [3.63, 3.8) is 0 Å². The first-order valence-corrected chi connectivity index (χ1v) is 7.10. The summed E-state index contributed by atoms with van der Waals surface area (Å²) in [4.78, 5) is 11.9. The van der Waals surface area contributed by atoms with Gasteiger partial charge in [-0.15, -0.1) is 0 Å². The lowest BCUT2D eigenvalue weighted by molar-refractivity contribution is -0.137. The number of aliphatic hydroxyl groups is 1. The molecule has 7 heteroatoms. The molecule has 0 unspecified atom stereocenters. The predicted octanol–water partition coefficient (Wildman–Crippen LogP) is 3.52. The highest BCUT2D eigenvalue weighted by molar-refractivity contribution is 5.92. The minimum Gasteiger partial charge on any atom is -0.484 e. The highest BCUT2D eigenvalue weighted by atomic mass is 19.4. The summed E-state index contributed by atoms with van der Waals surface area (Å²) >= 11 is 0. The molecule has 1 amide bonds. The van der Waals surface area contributed by atoms with Gasteiger partial charge in [0.1, 0.15) is 5.75 Å². The Morgan fingerprint density at radius 1 is 1.21 bits per heavy atom. The topological polar surface area (TPSA) is 58.6 Å². The van der Waals surface area contributed by atoms with E-state index in [0.29, 0.717) is 11.3 Å². The van der Waals surface area contributed by atoms with Crippen LogP contribution in [0.2, 0.25) is 0 Å². The van der Waals surface area contributed by atoms with E-state index in [9.17, 15) is 18.0 Å². The Hall–Kier alpha value is -2.54. The second-order valence-corrected chi connectivity index (χ2v) is 5.17. The van der Waals surface area contributed by atoms with Crippen LogP contribution in [0.5, 0.6) is 5.75 Å². The van der Waals surface area contributed by atoms with Crippen molar-refractivity contribution in [2.24, 2.45) is 0 Å². The maximum absolute atomic E-state index is 12.6. The number of amides is 1. The summed E-state index contributed by atoms with van der Waals surface area (Å²) in [7, 11) is 0. The zero-order valence-electron chi connectivity index (χ0n) is 12.9. The Morgan fingerprint density at radius 3 is 2.62 bits per heavy atom. The van der Waals surface area contributed by atoms with Crippen LogP contribution in [-0.2, 0) is 17.6 Å². The van der Waals surface area contributed by atoms with E-state index in [4.69, 9.17) is 9.84 Å². The lowest BCUT2D eigenvalue weighted by atomic mass is 10.1. The third-order valence-electron chi connectivity index (χ3n) is 3.29. The number of halogens is 3. The molecule has 0 bridgehead atoms. The molecule has 0 aliphatic rings. The molecule has 4 nitrogen and oxygen atoms in total. The van der Waals surface area contributed by atoms with Gasteiger partial charge in [0.2, 0.25) is 0 Å². The van der Waals surface area contributed by atoms with E-state index in [1.54, 1.807) is 25.1 Å². The molecule has 24 heavy (non-hydrogen) atoms. The zero-order chi connectivity index (χ0) is 17.7. The van der Waals surface area contributed by atoms with Crippen LogP contribution in [-0.4, -0.2) is 17.6 Å². The Labute approximate surface area is 136 Å². The van der Waals surface area contributed by atoms with Crippen LogP contribution < -0.4 is 10.1 Å². The molecule has 2 N–H and O–H groups in total. The van der Waals surface area contributed by atoms with E-state index >= 15 is 0 Å². The number of aryl methyl sites for hydroxylation is 1. The highest BCUT2D eigenvalue weighted by Crippen LogP contribution is 2.31. The van der Waals surface area contributed by atoms with Crippen LogP contribution in [0, 0.1) is 6.92 Å². The molecule has 0 atom stereocenters. The van der Waals surface area contributed by atoms with Crippen molar-refractivity contribution in [3.8, 4) is 5.75 Å². The molecule has 2 rings (SSSR count). The SMILES string of the molecule is Cc1ccc(CO)cc1NC(=O)COc1cccc(C(F)(F)F)c1. The summed E-state index contributed by atoms with van der Waals surface area (Å²) < 4.78 is 43.0. The summed E-state index contributed by atoms with van der Waals surface area (Å²) in [6.45, 7) is 1.19. The molecule has 0 heterocycles. The second-order valence-electron chi connectivity index (χ2n) is 5.17. The van der Waals surface area contributed by atoms with Gasteiger partial charge in [0.15, 0.2) is 6.61 Å². The Bertz CT molecular complexity index is 729. The summed E-state index contributed by atoms with van der Waals surface area (Å²) in [6, 6.07) is 9.42. The molecule has 0 fully saturated rings. The number of benzene rings is 2. The molecule has 2 aromatic carbocycles. The first-order valence-electron chi connectivity index (χ1n) is 7.10. The molecule has 0 saturated heterocycles. The maximum atomic E-state index is 12.6. The number of aliphatic hydroxyl groups excluding tert-OH is 1. The number of rotatable bonds is 5. The van der Waals surface area contributed by atoms with Crippen molar-refractivity contribution in [1.29, 1.82) is 0 Å². The van der Waals surface area contributed by atoms with Crippen LogP contribution >= 0.6 is 0 Å². The molecule has 0 aliphatic carbocycles. The zero-order valence-corrected chi connectivity index (χ0v) is 12.9. The number of carbonyl (C=O) groups excluding carboxylic acids is 1. The van der Waals surface area contributed by atoms with Gasteiger partial charge in [-0.1, -0.05) is 18.2 Å². The minimum atomic E-state index is -4.47. The quantitative estimate of drug-likeness (QED) is 0.876. The van der Waals surface area contributed by atoms with E-state index in [1.807, 2.05) is 0 Å². The van der Waals surface area contributed by atoms with Gasteiger partial charge in [0.05, 0.1) is 12.2 Å². The van der Waals surface area contributed by atoms with Crippen molar-refractivity contribution >= 4 is 11.6 Å². The number of ether oxygens (including phenoxy) is 1. The molecular formula is C17H16F3NO3. The smallest absolute Gasteiger partial charge is 0.416 e. The van der Waals surface area contributed by atoms with Gasteiger partial charge in [-0.25, -0.2) is 0 Å². The average Bonchev–Trinajstić information content (AvgIpc) is 2.54. The summed E-state index contributed by atoms with van der Waals surface area (Å²) in [6.07, 6.45) is -4.47. The van der Waals surface area contributed by atoms with Crippen LogP contribution in [0.15, 0.2) is 42.5 Å². The van der Waals surface area contributed by atoms with Gasteiger partial charge < -0.3 is 15.2 Å². The van der Waals surface area contributed by atoms with Crippen molar-refractivity contribution in [3.05, 3.63) is 59.2 Å². The van der Waals surface area contributed by atoms with Gasteiger partial charge in [-0.05, 0) is 42.3 Å². The van der Waals surface area contributed by atoms with Gasteiger partial charge in [0.25, 0.3) is 5.91 Å². The third kappa shape index (κ3) is 4.73. The number of hydrogen-bond acceptors (Lipinski definition) is 3. The number of anilines is 1. The number of alkyl halides is 3. The second kappa shape index (κ2) is 7.35. The third-order valence-corrected chi connectivity index (χ3v) is 3.29. The molecular weight excluding hydrogens is 323 g/mol. The highest BCUT2D eigenvalue weighted by Gasteiger charge is 2.30. The standard InChI is InChI=1S/C17H16F3NO3/c1-11-5-6-12(9-22)7-15(11)21-16(23)10-24-14-4-2-3-13(8-14)17(18,19)20/h2-8,22H,9-10H2,1H3,(H,21,23). The molecule has 0 aliphatic heterocycles. The predicted molar refractivity (Wildman–Crippen MR) is 82.7 cm³/mol. The van der Waals surface area contributed by atoms with Gasteiger partial charge >= 0.3 is 6.18 Å². The van der Waals surface area contributed by atoms with Crippen LogP contribution in [0.3, 0.4) is 0 Å². The van der Waals surface area contributed by atoms with E-state index in [2.05, 4.69) is 5.32 Å². The van der Waals surface area contributed by atoms with Gasteiger partial charge in [-0.2, -0.15) is 13.2 Å². The number of carbonyl (C=O) groups is 1. The Kier molecular flexibility index (Phi) is 5.46. The summed E-state index contributed by atoms with van der Waals surface area (Å²) in [5.41, 5.74) is 1.10. The van der Waals surface area contributed by atoms with E-state index < -0.39 is 24.3 Å². The van der Waals surface area contributed by atoms with Gasteiger partial charge in [-0.3, -0.25) is 4.79 Å².